The minimum Gasteiger partial charge on any atom is -0.508 e. The molecule has 4 aliphatic rings. The van der Waals surface area contributed by atoms with Crippen molar-refractivity contribution in [2.24, 2.45) is 5.92 Å². The van der Waals surface area contributed by atoms with Crippen LogP contribution in [0.3, 0.4) is 0 Å². The molecule has 6 rings (SSSR count). The number of ether oxygens (including phenoxy) is 2. The van der Waals surface area contributed by atoms with E-state index in [1.807, 2.05) is 0 Å². The number of rotatable bonds is 11. The summed E-state index contributed by atoms with van der Waals surface area (Å²) in [6, 6.07) is 9.68. The highest BCUT2D eigenvalue weighted by Crippen LogP contribution is 2.47. The number of benzene rings is 2. The second-order valence-corrected chi connectivity index (χ2v) is 16.0. The van der Waals surface area contributed by atoms with E-state index < -0.39 is 166 Å². The fraction of sp³-hybridized carbons (Fsp3) is 0.341. The fourth-order valence-electron chi connectivity index (χ4n) is 8.20. The molecule has 0 amide bonds. The lowest BCUT2D eigenvalue weighted by atomic mass is 9.64. The van der Waals surface area contributed by atoms with Gasteiger partial charge < -0.3 is 96.3 Å². The first-order valence-electron chi connectivity index (χ1n) is 20.0. The second kappa shape index (κ2) is 19.2. The van der Waals surface area contributed by atoms with Crippen LogP contribution in [0.15, 0.2) is 106 Å². The van der Waals surface area contributed by atoms with Gasteiger partial charge >= 0.3 is 5.97 Å². The van der Waals surface area contributed by atoms with E-state index in [9.17, 15) is 111 Å². The van der Waals surface area contributed by atoms with Crippen molar-refractivity contribution in [1.29, 1.82) is 0 Å². The van der Waals surface area contributed by atoms with Crippen LogP contribution in [-0.4, -0.2) is 201 Å². The Balaban J connectivity index is 1.68. The molecule has 2 aromatic rings. The molecule has 0 spiro atoms. The van der Waals surface area contributed by atoms with Crippen LogP contribution in [0.4, 0.5) is 0 Å². The number of aromatic hydroxyl groups is 2. The first kappa shape index (κ1) is 50.8. The second-order valence-electron chi connectivity index (χ2n) is 16.0. The molecule has 0 radical (unpaired) electrons. The highest BCUT2D eigenvalue weighted by molar-refractivity contribution is 6.32. The summed E-state index contributed by atoms with van der Waals surface area (Å²) in [5.74, 6) is -22.2. The number of carbonyl (C=O) groups excluding carboxylic acids is 4. The fourth-order valence-corrected chi connectivity index (χ4v) is 8.20. The van der Waals surface area contributed by atoms with E-state index in [1.165, 1.54) is 48.5 Å². The Labute approximate surface area is 381 Å². The maximum absolute atomic E-state index is 14.8. The van der Waals surface area contributed by atoms with Crippen molar-refractivity contribution in [3.05, 3.63) is 117 Å². The number of ketones is 4. The lowest BCUT2D eigenvalue weighted by Crippen LogP contribution is -2.72. The summed E-state index contributed by atoms with van der Waals surface area (Å²) >= 11 is 0. The number of aliphatic carboxylic acids is 1. The Morgan fingerprint density at radius 2 is 0.853 bits per heavy atom. The minimum atomic E-state index is -4.19. The average Bonchev–Trinajstić information content (AvgIpc) is 3.30. The van der Waals surface area contributed by atoms with Crippen molar-refractivity contribution in [1.82, 2.24) is 0 Å². The standard InChI is InChI=1S/C44H44O24/c45-13-21-28(51)32(55)34(57)40(67-21)43(65)36(59)23(19(49)11-5-15-1-7-17(47)8-2-15)30(53)26(38(43)61)25(42(63)64)27-31(54)24(20(50)12-6-16-3-9-18(48)10-4-16)37(60)44(66,39(27)62)41-35(58)33(56)29(52)22(14-46)68-41/h1-12,21-22,25,28-29,32-35,40-41,45-58,65-66H,13-14H2,(H,63,64)/t21-,22-,25?,28-,29-,32+,33+,34-,35-,40+,41+,43-,44+/m1/s1. The van der Waals surface area contributed by atoms with E-state index in [4.69, 9.17) is 9.47 Å². The molecule has 13 atom stereocenters. The van der Waals surface area contributed by atoms with Crippen LogP contribution in [0.5, 0.6) is 11.5 Å². The van der Waals surface area contributed by atoms with E-state index in [0.717, 1.165) is 12.2 Å². The Kier molecular flexibility index (Phi) is 14.3. The Morgan fingerprint density at radius 1 is 0.529 bits per heavy atom. The molecule has 2 aliphatic carbocycles. The molecule has 2 aliphatic heterocycles. The molecule has 24 nitrogen and oxygen atoms in total. The Hall–Kier alpha value is -6.65. The van der Waals surface area contributed by atoms with Crippen LogP contribution in [0, 0.1) is 5.92 Å². The third-order valence-electron chi connectivity index (χ3n) is 11.9. The normalized spacial score (nSPS) is 34.8. The van der Waals surface area contributed by atoms with Gasteiger partial charge in [0.25, 0.3) is 0 Å². The predicted octanol–water partition coefficient (Wildman–Crippen LogP) is -3.78. The molecule has 68 heavy (non-hydrogen) atoms. The summed E-state index contributed by atoms with van der Waals surface area (Å²) in [7, 11) is 0. The summed E-state index contributed by atoms with van der Waals surface area (Å²) in [4.78, 5) is 72.1. The van der Waals surface area contributed by atoms with Crippen molar-refractivity contribution in [3.63, 3.8) is 0 Å². The first-order chi connectivity index (χ1) is 31.9. The van der Waals surface area contributed by atoms with Crippen molar-refractivity contribution >= 4 is 41.3 Å². The molecule has 0 aromatic heterocycles. The third-order valence-corrected chi connectivity index (χ3v) is 11.9. The quantitative estimate of drug-likeness (QED) is 0.0584. The lowest BCUT2D eigenvalue weighted by molar-refractivity contribution is -0.260. The zero-order chi connectivity index (χ0) is 50.5. The van der Waals surface area contributed by atoms with E-state index in [-0.39, 0.29) is 22.6 Å². The van der Waals surface area contributed by atoms with Crippen molar-refractivity contribution in [3.8, 4) is 11.5 Å². The summed E-state index contributed by atoms with van der Waals surface area (Å²) in [5, 5.41) is 186. The SMILES string of the molecule is O=C(O)C(C1=C(O)C(=C(O)C=Cc2ccc(O)cc2)C(=O)[C@](O)([C@H]2O[C@H](CO)[C@@H](O)[C@H](O)[C@H]2O)C1=O)C1=C(O)C(=C(O)C=Cc2ccc(O)cc2)C(=O)[C@@](O)([C@H]2O[C@H](CO)[C@@H](O)[C@H](O)[C@H]2O)C1=O. The molecule has 364 valence electrons. The van der Waals surface area contributed by atoms with E-state index in [1.54, 1.807) is 0 Å². The number of allylic oxidation sites excluding steroid dienone is 4. The largest absolute Gasteiger partial charge is 0.508 e. The van der Waals surface area contributed by atoms with Gasteiger partial charge in [0.15, 0.2) is 0 Å². The van der Waals surface area contributed by atoms with Gasteiger partial charge in [-0.2, -0.15) is 0 Å². The number of aliphatic hydroxyl groups is 14. The average molecular weight is 957 g/mol. The molecule has 2 heterocycles. The molecule has 2 saturated heterocycles. The number of aliphatic hydroxyl groups excluding tert-OH is 12. The van der Waals surface area contributed by atoms with E-state index in [0.29, 0.717) is 12.2 Å². The van der Waals surface area contributed by atoms with Gasteiger partial charge in [0.05, 0.1) is 24.4 Å². The third kappa shape index (κ3) is 8.37. The number of carboxylic acids is 1. The zero-order valence-corrected chi connectivity index (χ0v) is 34.7. The first-order valence-corrected chi connectivity index (χ1v) is 20.0. The number of hydrogen-bond acceptors (Lipinski definition) is 23. The lowest BCUT2D eigenvalue weighted by Gasteiger charge is -2.48. The number of carbonyl (C=O) groups is 5. The number of Topliss-reactive ketones (excluding diaryl/α,β-unsaturated/α-hetero) is 4. The number of phenols is 2. The van der Waals surface area contributed by atoms with Gasteiger partial charge in [-0.25, -0.2) is 0 Å². The van der Waals surface area contributed by atoms with Gasteiger partial charge in [0.2, 0.25) is 34.3 Å². The number of hydrogen-bond donors (Lipinski definition) is 17. The molecular formula is C44H44O24. The summed E-state index contributed by atoms with van der Waals surface area (Å²) in [6.07, 6.45) is -21.5. The van der Waals surface area contributed by atoms with E-state index in [2.05, 4.69) is 0 Å². The maximum atomic E-state index is 14.8. The van der Waals surface area contributed by atoms with Gasteiger partial charge in [0, 0.05) is 0 Å². The van der Waals surface area contributed by atoms with Gasteiger partial charge in [-0.15, -0.1) is 0 Å². The van der Waals surface area contributed by atoms with Crippen LogP contribution in [0.1, 0.15) is 11.1 Å². The highest BCUT2D eigenvalue weighted by atomic mass is 16.6. The van der Waals surface area contributed by atoms with Gasteiger partial charge in [-0.3, -0.25) is 24.0 Å². The van der Waals surface area contributed by atoms with Crippen molar-refractivity contribution < 1.29 is 120 Å². The molecule has 0 saturated carbocycles. The van der Waals surface area contributed by atoms with Crippen molar-refractivity contribution in [2.45, 2.75) is 72.2 Å². The summed E-state index contributed by atoms with van der Waals surface area (Å²) in [5.41, 5.74) is -15.2. The Bertz CT molecular complexity index is 2400. The van der Waals surface area contributed by atoms with Gasteiger partial charge in [0.1, 0.15) is 113 Å². The zero-order valence-electron chi connectivity index (χ0n) is 34.7. The van der Waals surface area contributed by atoms with Gasteiger partial charge in [-0.05, 0) is 47.5 Å². The molecule has 0 bridgehead atoms. The molecule has 2 fully saturated rings. The molecular weight excluding hydrogens is 912 g/mol. The van der Waals surface area contributed by atoms with E-state index >= 15 is 0 Å². The van der Waals surface area contributed by atoms with Crippen LogP contribution < -0.4 is 0 Å². The minimum absolute atomic E-state index is 0.143. The highest BCUT2D eigenvalue weighted by Gasteiger charge is 2.68. The Morgan fingerprint density at radius 3 is 1.15 bits per heavy atom. The number of carboxylic acid groups (broad SMARTS) is 1. The molecule has 2 aromatic carbocycles. The molecule has 17 N–H and O–H groups in total. The van der Waals surface area contributed by atoms with Crippen LogP contribution in [0.25, 0.3) is 12.2 Å². The molecule has 24 heteroatoms. The summed E-state index contributed by atoms with van der Waals surface area (Å²) < 4.78 is 10.6. The predicted molar refractivity (Wildman–Crippen MR) is 221 cm³/mol. The van der Waals surface area contributed by atoms with Crippen LogP contribution in [-0.2, 0) is 33.4 Å². The van der Waals surface area contributed by atoms with Crippen LogP contribution >= 0.6 is 0 Å². The maximum Gasteiger partial charge on any atom is 0.316 e. The van der Waals surface area contributed by atoms with Crippen molar-refractivity contribution in [2.75, 3.05) is 13.2 Å². The number of phenolic OH excluding ortho intramolecular Hbond substituents is 2. The monoisotopic (exact) mass is 956 g/mol. The van der Waals surface area contributed by atoms with Crippen LogP contribution in [0.2, 0.25) is 0 Å². The smallest absolute Gasteiger partial charge is 0.316 e. The topological polar surface area (TPSA) is 448 Å². The van der Waals surface area contributed by atoms with Gasteiger partial charge in [-0.1, -0.05) is 36.4 Å². The summed E-state index contributed by atoms with van der Waals surface area (Å²) in [6.45, 7) is -2.51. The molecule has 1 unspecified atom stereocenters.